The Kier molecular flexibility index (Phi) is 3.99. The predicted molar refractivity (Wildman–Crippen MR) is 55.7 cm³/mol. The van der Waals surface area contributed by atoms with E-state index in [0.717, 1.165) is 0 Å². The van der Waals surface area contributed by atoms with Gasteiger partial charge in [0, 0.05) is 12.2 Å². The summed E-state index contributed by atoms with van der Waals surface area (Å²) in [6.07, 6.45) is 3.35. The van der Waals surface area contributed by atoms with E-state index in [9.17, 15) is 10.1 Å². The topological polar surface area (TPSA) is 88.3 Å². The molecule has 82 valence electrons. The van der Waals surface area contributed by atoms with Gasteiger partial charge in [0.05, 0.1) is 11.5 Å². The third-order valence-electron chi connectivity index (χ3n) is 2.07. The molecular formula is C9H13N3O3. The monoisotopic (exact) mass is 211 g/mol. The maximum absolute atomic E-state index is 10.6. The van der Waals surface area contributed by atoms with Crippen LogP contribution in [0.4, 0.5) is 11.4 Å². The molecule has 0 fully saturated rings. The number of nitro groups is 1. The van der Waals surface area contributed by atoms with Crippen molar-refractivity contribution in [2.24, 2.45) is 0 Å². The zero-order chi connectivity index (χ0) is 11.3. The molecule has 0 bridgehead atoms. The van der Waals surface area contributed by atoms with E-state index in [2.05, 4.69) is 10.3 Å². The number of rotatable bonds is 5. The van der Waals surface area contributed by atoms with Gasteiger partial charge in [-0.25, -0.2) is 0 Å². The van der Waals surface area contributed by atoms with Gasteiger partial charge < -0.3 is 10.4 Å². The van der Waals surface area contributed by atoms with Gasteiger partial charge in [-0.2, -0.15) is 0 Å². The van der Waals surface area contributed by atoms with Crippen LogP contribution in [0.25, 0.3) is 0 Å². The van der Waals surface area contributed by atoms with Crippen molar-refractivity contribution in [1.82, 2.24) is 4.98 Å². The summed E-state index contributed by atoms with van der Waals surface area (Å²) < 4.78 is 0. The fourth-order valence-corrected chi connectivity index (χ4v) is 1.15. The predicted octanol–water partition coefficient (Wildman–Crippen LogP) is 1.17. The molecule has 0 aliphatic rings. The summed E-state index contributed by atoms with van der Waals surface area (Å²) in [5.74, 6) is 0. The van der Waals surface area contributed by atoms with Gasteiger partial charge in [-0.15, -0.1) is 0 Å². The first-order valence-corrected chi connectivity index (χ1v) is 4.64. The highest BCUT2D eigenvalue weighted by atomic mass is 16.6. The van der Waals surface area contributed by atoms with Crippen LogP contribution >= 0.6 is 0 Å². The number of nitrogens with zero attached hydrogens (tertiary/aromatic N) is 2. The molecule has 0 saturated carbocycles. The van der Waals surface area contributed by atoms with E-state index in [1.165, 1.54) is 18.5 Å². The summed E-state index contributed by atoms with van der Waals surface area (Å²) in [5.41, 5.74) is 0.306. The highest BCUT2D eigenvalue weighted by Gasteiger charge is 2.15. The average molecular weight is 211 g/mol. The normalized spacial score (nSPS) is 12.1. The van der Waals surface area contributed by atoms with Crippen molar-refractivity contribution < 1.29 is 10.0 Å². The fourth-order valence-electron chi connectivity index (χ4n) is 1.15. The number of hydrogen-bond donors (Lipinski definition) is 2. The number of aromatic nitrogens is 1. The van der Waals surface area contributed by atoms with Crippen LogP contribution in [0.1, 0.15) is 13.3 Å². The number of nitrogens with one attached hydrogen (secondary N) is 1. The standard InChI is InChI=1S/C9H13N3O3/c1-2-7(6-13)11-8-3-4-10-5-9(8)12(14)15/h3-5,7,13H,2,6H2,1H3,(H,10,11). The van der Waals surface area contributed by atoms with Crippen molar-refractivity contribution in [1.29, 1.82) is 0 Å². The number of hydrogen-bond acceptors (Lipinski definition) is 5. The minimum atomic E-state index is -0.501. The Morgan fingerprint density at radius 3 is 3.00 bits per heavy atom. The smallest absolute Gasteiger partial charge is 0.310 e. The zero-order valence-corrected chi connectivity index (χ0v) is 8.38. The van der Waals surface area contributed by atoms with Gasteiger partial charge >= 0.3 is 5.69 Å². The maximum atomic E-state index is 10.6. The van der Waals surface area contributed by atoms with E-state index in [4.69, 9.17) is 5.11 Å². The molecule has 0 amide bonds. The third-order valence-corrected chi connectivity index (χ3v) is 2.07. The Labute approximate surface area is 87.1 Å². The highest BCUT2D eigenvalue weighted by molar-refractivity contribution is 5.60. The molecule has 1 aromatic rings. The van der Waals surface area contributed by atoms with Crippen LogP contribution in [0.2, 0.25) is 0 Å². The second-order valence-corrected chi connectivity index (χ2v) is 3.08. The van der Waals surface area contributed by atoms with Gasteiger partial charge in [-0.05, 0) is 12.5 Å². The van der Waals surface area contributed by atoms with E-state index in [0.29, 0.717) is 12.1 Å². The van der Waals surface area contributed by atoms with Gasteiger partial charge in [-0.3, -0.25) is 15.1 Å². The lowest BCUT2D eigenvalue weighted by molar-refractivity contribution is -0.384. The lowest BCUT2D eigenvalue weighted by atomic mass is 10.2. The van der Waals surface area contributed by atoms with Crippen LogP contribution in [-0.4, -0.2) is 27.7 Å². The van der Waals surface area contributed by atoms with Gasteiger partial charge in [0.1, 0.15) is 11.9 Å². The molecule has 0 aromatic carbocycles. The highest BCUT2D eigenvalue weighted by Crippen LogP contribution is 2.22. The lowest BCUT2D eigenvalue weighted by Gasteiger charge is -2.14. The molecule has 1 atom stereocenters. The first-order chi connectivity index (χ1) is 7.19. The van der Waals surface area contributed by atoms with Crippen molar-refractivity contribution in [3.63, 3.8) is 0 Å². The molecule has 0 radical (unpaired) electrons. The van der Waals surface area contributed by atoms with Crippen LogP contribution in [-0.2, 0) is 0 Å². The number of aliphatic hydroxyl groups excluding tert-OH is 1. The van der Waals surface area contributed by atoms with E-state index < -0.39 is 4.92 Å². The summed E-state index contributed by atoms with van der Waals surface area (Å²) in [4.78, 5) is 13.8. The first kappa shape index (κ1) is 11.4. The Morgan fingerprint density at radius 2 is 2.47 bits per heavy atom. The quantitative estimate of drug-likeness (QED) is 0.563. The van der Waals surface area contributed by atoms with Crippen LogP contribution in [0, 0.1) is 10.1 Å². The second kappa shape index (κ2) is 5.26. The summed E-state index contributed by atoms with van der Waals surface area (Å²) in [6.45, 7) is 1.83. The van der Waals surface area contributed by atoms with Gasteiger partial charge in [0.15, 0.2) is 0 Å². The summed E-state index contributed by atoms with van der Waals surface area (Å²) in [5, 5.41) is 22.5. The molecule has 6 nitrogen and oxygen atoms in total. The summed E-state index contributed by atoms with van der Waals surface area (Å²) >= 11 is 0. The van der Waals surface area contributed by atoms with E-state index in [-0.39, 0.29) is 18.3 Å². The Morgan fingerprint density at radius 1 is 1.73 bits per heavy atom. The van der Waals surface area contributed by atoms with Crippen molar-refractivity contribution >= 4 is 11.4 Å². The van der Waals surface area contributed by atoms with Crippen LogP contribution in [0.15, 0.2) is 18.5 Å². The van der Waals surface area contributed by atoms with E-state index in [1.807, 2.05) is 6.92 Å². The molecule has 1 heterocycles. The molecular weight excluding hydrogens is 198 g/mol. The minimum absolute atomic E-state index is 0.0595. The van der Waals surface area contributed by atoms with Gasteiger partial charge in [0.25, 0.3) is 0 Å². The number of aliphatic hydroxyl groups is 1. The van der Waals surface area contributed by atoms with Crippen LogP contribution in [0.5, 0.6) is 0 Å². The van der Waals surface area contributed by atoms with Crippen molar-refractivity contribution in [3.8, 4) is 0 Å². The van der Waals surface area contributed by atoms with Crippen LogP contribution < -0.4 is 5.32 Å². The minimum Gasteiger partial charge on any atom is -0.394 e. The lowest BCUT2D eigenvalue weighted by Crippen LogP contribution is -2.23. The number of anilines is 1. The van der Waals surface area contributed by atoms with Crippen molar-refractivity contribution in [2.75, 3.05) is 11.9 Å². The van der Waals surface area contributed by atoms with Crippen molar-refractivity contribution in [2.45, 2.75) is 19.4 Å². The first-order valence-electron chi connectivity index (χ1n) is 4.64. The summed E-state index contributed by atoms with van der Waals surface area (Å²) in [6, 6.07) is 1.35. The largest absolute Gasteiger partial charge is 0.394 e. The molecule has 1 unspecified atom stereocenters. The van der Waals surface area contributed by atoms with Crippen LogP contribution in [0.3, 0.4) is 0 Å². The summed E-state index contributed by atoms with van der Waals surface area (Å²) in [7, 11) is 0. The molecule has 0 aliphatic carbocycles. The van der Waals surface area contributed by atoms with E-state index >= 15 is 0 Å². The Bertz CT molecular complexity index is 339. The maximum Gasteiger partial charge on any atom is 0.310 e. The Hall–Kier alpha value is -1.69. The average Bonchev–Trinajstić information content (AvgIpc) is 2.26. The van der Waals surface area contributed by atoms with Gasteiger partial charge in [0.2, 0.25) is 0 Å². The molecule has 0 aliphatic heterocycles. The molecule has 0 spiro atoms. The molecule has 6 heteroatoms. The SMILES string of the molecule is CCC(CO)Nc1ccncc1[N+](=O)[O-]. The molecule has 0 saturated heterocycles. The van der Waals surface area contributed by atoms with Crippen molar-refractivity contribution in [3.05, 3.63) is 28.6 Å². The molecule has 15 heavy (non-hydrogen) atoms. The number of pyridine rings is 1. The molecule has 1 rings (SSSR count). The van der Waals surface area contributed by atoms with Gasteiger partial charge in [-0.1, -0.05) is 6.92 Å². The second-order valence-electron chi connectivity index (χ2n) is 3.08. The zero-order valence-electron chi connectivity index (χ0n) is 8.38. The van der Waals surface area contributed by atoms with E-state index in [1.54, 1.807) is 0 Å². The fraction of sp³-hybridized carbons (Fsp3) is 0.444. The molecule has 1 aromatic heterocycles. The molecule has 2 N–H and O–H groups in total. The third kappa shape index (κ3) is 2.88. The Balaban J connectivity index is 2.88.